The molecule has 8 nitrogen and oxygen atoms in total. The van der Waals surface area contributed by atoms with Crippen LogP contribution in [0.2, 0.25) is 0 Å². The van der Waals surface area contributed by atoms with Gasteiger partial charge in [0.2, 0.25) is 0 Å². The fourth-order valence-corrected chi connectivity index (χ4v) is 5.09. The van der Waals surface area contributed by atoms with Crippen molar-refractivity contribution in [3.63, 3.8) is 0 Å². The first-order chi connectivity index (χ1) is 16.5. The molecular weight excluding hydrogens is 456 g/mol. The maximum absolute atomic E-state index is 13.6. The molecule has 3 aromatic carbocycles. The number of hydrogen-bond acceptors (Lipinski definition) is 7. The molecule has 1 aliphatic heterocycles. The Labute approximate surface area is 200 Å². The number of thioether (sulfide) groups is 1. The summed E-state index contributed by atoms with van der Waals surface area (Å²) in [6, 6.07) is 21.3. The minimum atomic E-state index is -0.819. The molecule has 0 bridgehead atoms. The quantitative estimate of drug-likeness (QED) is 0.261. The summed E-state index contributed by atoms with van der Waals surface area (Å²) < 4.78 is 11.1. The van der Waals surface area contributed by atoms with Gasteiger partial charge in [0, 0.05) is 23.4 Å². The zero-order valence-electron chi connectivity index (χ0n) is 18.3. The lowest BCUT2D eigenvalue weighted by atomic mass is 10.1. The van der Waals surface area contributed by atoms with E-state index in [9.17, 15) is 19.7 Å². The van der Waals surface area contributed by atoms with Crippen molar-refractivity contribution in [1.29, 1.82) is 0 Å². The molecule has 4 rings (SSSR count). The number of benzene rings is 3. The van der Waals surface area contributed by atoms with E-state index in [-0.39, 0.29) is 17.9 Å². The second kappa shape index (κ2) is 10.4. The summed E-state index contributed by atoms with van der Waals surface area (Å²) >= 11 is 1.43. The lowest BCUT2D eigenvalue weighted by Crippen LogP contribution is -2.43. The van der Waals surface area contributed by atoms with Gasteiger partial charge in [-0.15, -0.1) is 11.8 Å². The zero-order valence-corrected chi connectivity index (χ0v) is 19.1. The van der Waals surface area contributed by atoms with E-state index in [0.717, 1.165) is 5.56 Å². The third kappa shape index (κ3) is 5.04. The molecule has 0 aliphatic carbocycles. The van der Waals surface area contributed by atoms with Crippen molar-refractivity contribution in [3.05, 3.63) is 100 Å². The number of para-hydroxylation sites is 1. The molecule has 2 unspecified atom stereocenters. The van der Waals surface area contributed by atoms with Crippen LogP contribution in [0.3, 0.4) is 0 Å². The third-order valence-corrected chi connectivity index (χ3v) is 6.54. The molecule has 0 saturated carbocycles. The minimum Gasteiger partial charge on any atom is -0.464 e. The van der Waals surface area contributed by atoms with Gasteiger partial charge >= 0.3 is 5.97 Å². The number of hydrogen-bond donors (Lipinski definition) is 0. The van der Waals surface area contributed by atoms with Crippen LogP contribution in [0.15, 0.2) is 78.9 Å². The Hall–Kier alpha value is -3.85. The molecule has 0 spiro atoms. The molecule has 1 fully saturated rings. The Morgan fingerprint density at radius 3 is 2.50 bits per heavy atom. The molecule has 174 valence electrons. The van der Waals surface area contributed by atoms with Crippen LogP contribution < -0.4 is 4.74 Å². The van der Waals surface area contributed by atoms with Crippen molar-refractivity contribution < 1.29 is 24.0 Å². The number of non-ortho nitro benzene ring substituents is 1. The largest absolute Gasteiger partial charge is 0.464 e. The van der Waals surface area contributed by atoms with Gasteiger partial charge in [-0.3, -0.25) is 14.9 Å². The molecule has 2 atom stereocenters. The van der Waals surface area contributed by atoms with Crippen LogP contribution in [0.5, 0.6) is 11.5 Å². The van der Waals surface area contributed by atoms with E-state index in [1.54, 1.807) is 6.92 Å². The van der Waals surface area contributed by atoms with E-state index in [2.05, 4.69) is 0 Å². The highest BCUT2D eigenvalue weighted by molar-refractivity contribution is 7.99. The van der Waals surface area contributed by atoms with Gasteiger partial charge in [-0.2, -0.15) is 0 Å². The first kappa shape index (κ1) is 23.3. The SMILES string of the molecule is CCOC(=O)C1CSC(c2cccc(Oc3ccccc3)c2)N1C(=O)c1cccc([N+](=O)[O-])c1. The maximum Gasteiger partial charge on any atom is 0.329 e. The normalized spacial score (nSPS) is 17.3. The highest BCUT2D eigenvalue weighted by Gasteiger charge is 2.43. The van der Waals surface area contributed by atoms with Gasteiger partial charge in [0.05, 0.1) is 11.5 Å². The molecule has 0 radical (unpaired) electrons. The monoisotopic (exact) mass is 478 g/mol. The molecule has 9 heteroatoms. The summed E-state index contributed by atoms with van der Waals surface area (Å²) in [7, 11) is 0. The van der Waals surface area contributed by atoms with Gasteiger partial charge < -0.3 is 14.4 Å². The van der Waals surface area contributed by atoms with Crippen molar-refractivity contribution in [2.45, 2.75) is 18.3 Å². The van der Waals surface area contributed by atoms with Crippen molar-refractivity contribution in [3.8, 4) is 11.5 Å². The van der Waals surface area contributed by atoms with E-state index < -0.39 is 28.2 Å². The number of esters is 1. The van der Waals surface area contributed by atoms with Crippen molar-refractivity contribution in [1.82, 2.24) is 4.90 Å². The van der Waals surface area contributed by atoms with Crippen molar-refractivity contribution in [2.75, 3.05) is 12.4 Å². The molecule has 0 N–H and O–H groups in total. The molecule has 1 heterocycles. The number of carbonyl (C=O) groups is 2. The summed E-state index contributed by atoms with van der Waals surface area (Å²) in [5, 5.41) is 10.7. The van der Waals surface area contributed by atoms with Crippen LogP contribution in [0, 0.1) is 10.1 Å². The lowest BCUT2D eigenvalue weighted by Gasteiger charge is -2.28. The van der Waals surface area contributed by atoms with E-state index in [1.165, 1.54) is 40.9 Å². The van der Waals surface area contributed by atoms with E-state index >= 15 is 0 Å². The van der Waals surface area contributed by atoms with Crippen molar-refractivity contribution in [2.24, 2.45) is 0 Å². The van der Waals surface area contributed by atoms with Crippen molar-refractivity contribution >= 4 is 29.3 Å². The summed E-state index contributed by atoms with van der Waals surface area (Å²) in [5.41, 5.74) is 0.705. The van der Waals surface area contributed by atoms with E-state index in [0.29, 0.717) is 17.3 Å². The number of amides is 1. The Morgan fingerprint density at radius 1 is 1.03 bits per heavy atom. The topological polar surface area (TPSA) is 99.0 Å². The average Bonchev–Trinajstić information content (AvgIpc) is 3.30. The number of nitro groups is 1. The molecule has 0 aromatic heterocycles. The van der Waals surface area contributed by atoms with Crippen LogP contribution in [-0.2, 0) is 9.53 Å². The Bertz CT molecular complexity index is 1200. The van der Waals surface area contributed by atoms with Crippen LogP contribution in [0.25, 0.3) is 0 Å². The zero-order chi connectivity index (χ0) is 24.1. The first-order valence-electron chi connectivity index (χ1n) is 10.7. The number of rotatable bonds is 7. The highest BCUT2D eigenvalue weighted by atomic mass is 32.2. The van der Waals surface area contributed by atoms with Crippen LogP contribution in [-0.4, -0.2) is 40.1 Å². The van der Waals surface area contributed by atoms with E-state index in [4.69, 9.17) is 9.47 Å². The Balaban J connectivity index is 1.68. The fourth-order valence-electron chi connectivity index (χ4n) is 3.69. The van der Waals surface area contributed by atoms with Gasteiger partial charge in [-0.05, 0) is 42.8 Å². The van der Waals surface area contributed by atoms with Gasteiger partial charge in [-0.25, -0.2) is 4.79 Å². The predicted molar refractivity (Wildman–Crippen MR) is 128 cm³/mol. The highest BCUT2D eigenvalue weighted by Crippen LogP contribution is 2.43. The number of nitrogens with zero attached hydrogens (tertiary/aromatic N) is 2. The summed E-state index contributed by atoms with van der Waals surface area (Å²) in [4.78, 5) is 38.3. The summed E-state index contributed by atoms with van der Waals surface area (Å²) in [5.74, 6) is 0.617. The van der Waals surface area contributed by atoms with Gasteiger partial charge in [0.1, 0.15) is 22.9 Å². The van der Waals surface area contributed by atoms with Gasteiger partial charge in [0.25, 0.3) is 11.6 Å². The smallest absolute Gasteiger partial charge is 0.329 e. The van der Waals surface area contributed by atoms with Crippen LogP contribution >= 0.6 is 11.8 Å². The van der Waals surface area contributed by atoms with Crippen LogP contribution in [0.1, 0.15) is 28.2 Å². The first-order valence-corrected chi connectivity index (χ1v) is 11.7. The van der Waals surface area contributed by atoms with Gasteiger partial charge in [0.15, 0.2) is 0 Å². The second-order valence-corrected chi connectivity index (χ2v) is 8.57. The maximum atomic E-state index is 13.6. The molecule has 1 amide bonds. The third-order valence-electron chi connectivity index (χ3n) is 5.22. The average molecular weight is 479 g/mol. The predicted octanol–water partition coefficient (Wildman–Crippen LogP) is 5.21. The second-order valence-electron chi connectivity index (χ2n) is 7.46. The summed E-state index contributed by atoms with van der Waals surface area (Å²) in [6.07, 6.45) is 0. The molecular formula is C25H22N2O6S. The van der Waals surface area contributed by atoms with E-state index in [1.807, 2.05) is 54.6 Å². The fraction of sp³-hybridized carbons (Fsp3) is 0.200. The Morgan fingerprint density at radius 2 is 1.76 bits per heavy atom. The Kier molecular flexibility index (Phi) is 7.12. The molecule has 1 aliphatic rings. The number of carbonyl (C=O) groups excluding carboxylic acids is 2. The molecule has 1 saturated heterocycles. The standard InChI is InChI=1S/C25H22N2O6S/c1-2-32-25(29)22-16-34-24(26(22)23(28)17-8-6-10-19(14-17)27(30)31)18-9-7-13-21(15-18)33-20-11-4-3-5-12-20/h3-15,22,24H,2,16H2,1H3. The molecule has 34 heavy (non-hydrogen) atoms. The summed E-state index contributed by atoms with van der Waals surface area (Å²) in [6.45, 7) is 1.89. The molecule has 3 aromatic rings. The number of ether oxygens (including phenoxy) is 2. The minimum absolute atomic E-state index is 0.132. The van der Waals surface area contributed by atoms with Gasteiger partial charge in [-0.1, -0.05) is 36.4 Å². The van der Waals surface area contributed by atoms with Crippen LogP contribution in [0.4, 0.5) is 5.69 Å². The lowest BCUT2D eigenvalue weighted by molar-refractivity contribution is -0.384. The number of nitro benzene ring substituents is 1.